The molecule has 0 spiro atoms. The van der Waals surface area contributed by atoms with E-state index in [4.69, 9.17) is 9.47 Å². The van der Waals surface area contributed by atoms with Gasteiger partial charge < -0.3 is 9.47 Å². The Labute approximate surface area is 171 Å². The standard InChI is InChI=1S/C21H30N4O4/c1-4-6-7-8-11-29-21-18(25(26)27)12-15(13-19(21)28-3)20-16-14-24(5-2)10-9-17(16)22-23-20/h12-13H,4-11,14H2,1-3H3,(H,22,23). The molecule has 0 atom stereocenters. The number of benzene rings is 1. The van der Waals surface area contributed by atoms with E-state index >= 15 is 0 Å². The lowest BCUT2D eigenvalue weighted by molar-refractivity contribution is -0.385. The van der Waals surface area contributed by atoms with E-state index in [2.05, 4.69) is 28.9 Å². The summed E-state index contributed by atoms with van der Waals surface area (Å²) in [4.78, 5) is 13.7. The van der Waals surface area contributed by atoms with Crippen molar-refractivity contribution < 1.29 is 14.4 Å². The predicted octanol–water partition coefficient (Wildman–Crippen LogP) is 4.33. The van der Waals surface area contributed by atoms with E-state index in [1.54, 1.807) is 12.1 Å². The van der Waals surface area contributed by atoms with Crippen molar-refractivity contribution >= 4 is 5.69 Å². The molecule has 158 valence electrons. The van der Waals surface area contributed by atoms with Gasteiger partial charge in [-0.1, -0.05) is 33.1 Å². The summed E-state index contributed by atoms with van der Waals surface area (Å²) in [5.41, 5.74) is 3.52. The van der Waals surface area contributed by atoms with Gasteiger partial charge in [0.05, 0.1) is 24.3 Å². The Hall–Kier alpha value is -2.61. The van der Waals surface area contributed by atoms with Gasteiger partial charge in [-0.15, -0.1) is 0 Å². The average molecular weight is 402 g/mol. The molecule has 1 aliphatic heterocycles. The number of fused-ring (bicyclic) bond motifs is 1. The number of H-pyrrole nitrogens is 1. The largest absolute Gasteiger partial charge is 0.493 e. The maximum absolute atomic E-state index is 11.8. The molecule has 0 saturated heterocycles. The number of nitrogens with zero attached hydrogens (tertiary/aromatic N) is 3. The molecule has 1 aromatic carbocycles. The molecule has 29 heavy (non-hydrogen) atoms. The molecular formula is C21H30N4O4. The molecule has 1 aromatic heterocycles. The molecule has 3 rings (SSSR count). The number of unbranched alkanes of at least 4 members (excludes halogenated alkanes) is 3. The van der Waals surface area contributed by atoms with Gasteiger partial charge in [0.2, 0.25) is 5.75 Å². The van der Waals surface area contributed by atoms with Crippen LogP contribution in [0.3, 0.4) is 0 Å². The number of nitro groups is 1. The normalized spacial score (nSPS) is 13.9. The van der Waals surface area contributed by atoms with Gasteiger partial charge in [-0.25, -0.2) is 0 Å². The molecule has 0 bridgehead atoms. The number of aromatic amines is 1. The quantitative estimate of drug-likeness (QED) is 0.361. The van der Waals surface area contributed by atoms with E-state index in [0.29, 0.717) is 17.9 Å². The number of ether oxygens (including phenoxy) is 2. The zero-order valence-corrected chi connectivity index (χ0v) is 17.5. The Balaban J connectivity index is 1.93. The van der Waals surface area contributed by atoms with E-state index in [1.165, 1.54) is 7.11 Å². The summed E-state index contributed by atoms with van der Waals surface area (Å²) in [6, 6.07) is 3.33. The van der Waals surface area contributed by atoms with Crippen molar-refractivity contribution in [3.63, 3.8) is 0 Å². The monoisotopic (exact) mass is 402 g/mol. The summed E-state index contributed by atoms with van der Waals surface area (Å²) < 4.78 is 11.2. The maximum Gasteiger partial charge on any atom is 0.315 e. The summed E-state index contributed by atoms with van der Waals surface area (Å²) in [5, 5.41) is 19.3. The highest BCUT2D eigenvalue weighted by molar-refractivity contribution is 5.73. The Kier molecular flexibility index (Phi) is 7.09. The minimum atomic E-state index is -0.412. The fourth-order valence-electron chi connectivity index (χ4n) is 3.72. The number of aromatic nitrogens is 2. The highest BCUT2D eigenvalue weighted by Gasteiger charge is 2.27. The number of hydrogen-bond donors (Lipinski definition) is 1. The van der Waals surface area contributed by atoms with E-state index in [-0.39, 0.29) is 11.4 Å². The van der Waals surface area contributed by atoms with E-state index < -0.39 is 4.92 Å². The molecule has 0 amide bonds. The lowest BCUT2D eigenvalue weighted by Gasteiger charge is -2.25. The van der Waals surface area contributed by atoms with Crippen molar-refractivity contribution in [2.75, 3.05) is 26.8 Å². The second-order valence-corrected chi connectivity index (χ2v) is 7.34. The summed E-state index contributed by atoms with van der Waals surface area (Å²) in [7, 11) is 1.51. The molecule has 0 saturated carbocycles. The SMILES string of the molecule is CCCCCCOc1c(OC)cc(-c2n[nH]c3c2CN(CC)CC3)cc1[N+](=O)[O-]. The molecule has 2 aromatic rings. The van der Waals surface area contributed by atoms with Gasteiger partial charge in [-0.2, -0.15) is 5.10 Å². The smallest absolute Gasteiger partial charge is 0.315 e. The van der Waals surface area contributed by atoms with Crippen molar-refractivity contribution in [2.45, 2.75) is 52.5 Å². The van der Waals surface area contributed by atoms with Crippen LogP contribution >= 0.6 is 0 Å². The average Bonchev–Trinajstić information content (AvgIpc) is 3.16. The molecular weight excluding hydrogens is 372 g/mol. The van der Waals surface area contributed by atoms with Crippen molar-refractivity contribution in [2.24, 2.45) is 0 Å². The molecule has 0 aliphatic carbocycles. The van der Waals surface area contributed by atoms with Crippen LogP contribution in [0.2, 0.25) is 0 Å². The van der Waals surface area contributed by atoms with Crippen molar-refractivity contribution in [3.8, 4) is 22.8 Å². The first kappa shape index (κ1) is 21.1. The fourth-order valence-corrected chi connectivity index (χ4v) is 3.72. The highest BCUT2D eigenvalue weighted by atomic mass is 16.6. The molecule has 1 N–H and O–H groups in total. The number of likely N-dealkylation sites (N-methyl/N-ethyl adjacent to an activating group) is 1. The summed E-state index contributed by atoms with van der Waals surface area (Å²) >= 11 is 0. The minimum absolute atomic E-state index is 0.0882. The van der Waals surface area contributed by atoms with Crippen LogP contribution in [0.4, 0.5) is 5.69 Å². The summed E-state index contributed by atoms with van der Waals surface area (Å²) in [5.74, 6) is 0.557. The third-order valence-corrected chi connectivity index (χ3v) is 5.43. The zero-order valence-electron chi connectivity index (χ0n) is 17.5. The van der Waals surface area contributed by atoms with Crippen molar-refractivity contribution in [1.82, 2.24) is 15.1 Å². The van der Waals surface area contributed by atoms with Gasteiger partial charge in [0.15, 0.2) is 5.75 Å². The molecule has 8 heteroatoms. The topological polar surface area (TPSA) is 93.5 Å². The fraction of sp³-hybridized carbons (Fsp3) is 0.571. The minimum Gasteiger partial charge on any atom is -0.493 e. The third-order valence-electron chi connectivity index (χ3n) is 5.43. The van der Waals surface area contributed by atoms with Crippen molar-refractivity contribution in [1.29, 1.82) is 0 Å². The number of nitro benzene ring substituents is 1. The van der Waals surface area contributed by atoms with Crippen LogP contribution in [-0.4, -0.2) is 46.8 Å². The molecule has 2 heterocycles. The molecule has 0 unspecified atom stereocenters. The third kappa shape index (κ3) is 4.70. The summed E-state index contributed by atoms with van der Waals surface area (Å²) in [6.07, 6.45) is 5.05. The van der Waals surface area contributed by atoms with Crippen LogP contribution in [-0.2, 0) is 13.0 Å². The van der Waals surface area contributed by atoms with Crippen LogP contribution in [0.5, 0.6) is 11.5 Å². The Bertz CT molecular complexity index is 849. The maximum atomic E-state index is 11.8. The van der Waals surface area contributed by atoms with Gasteiger partial charge in [0.1, 0.15) is 0 Å². The van der Waals surface area contributed by atoms with Gasteiger partial charge in [-0.05, 0) is 19.0 Å². The van der Waals surface area contributed by atoms with Crippen LogP contribution in [0, 0.1) is 10.1 Å². The number of rotatable bonds is 10. The van der Waals surface area contributed by atoms with Crippen LogP contribution in [0.1, 0.15) is 50.8 Å². The second-order valence-electron chi connectivity index (χ2n) is 7.34. The lowest BCUT2D eigenvalue weighted by atomic mass is 10.00. The molecule has 0 radical (unpaired) electrons. The molecule has 8 nitrogen and oxygen atoms in total. The van der Waals surface area contributed by atoms with E-state index in [0.717, 1.165) is 68.7 Å². The van der Waals surface area contributed by atoms with Crippen LogP contribution < -0.4 is 9.47 Å². The van der Waals surface area contributed by atoms with E-state index in [9.17, 15) is 10.1 Å². The molecule has 0 fully saturated rings. The Morgan fingerprint density at radius 3 is 2.79 bits per heavy atom. The first-order valence-electron chi connectivity index (χ1n) is 10.4. The van der Waals surface area contributed by atoms with Crippen LogP contribution in [0.15, 0.2) is 12.1 Å². The number of methoxy groups -OCH3 is 1. The Morgan fingerprint density at radius 1 is 1.28 bits per heavy atom. The van der Waals surface area contributed by atoms with Gasteiger partial charge >= 0.3 is 5.69 Å². The predicted molar refractivity (Wildman–Crippen MR) is 112 cm³/mol. The van der Waals surface area contributed by atoms with Crippen LogP contribution in [0.25, 0.3) is 11.3 Å². The lowest BCUT2D eigenvalue weighted by Crippen LogP contribution is -2.30. The highest BCUT2D eigenvalue weighted by Crippen LogP contribution is 2.42. The Morgan fingerprint density at radius 2 is 2.10 bits per heavy atom. The number of hydrogen-bond acceptors (Lipinski definition) is 6. The van der Waals surface area contributed by atoms with Gasteiger partial charge in [0, 0.05) is 42.4 Å². The number of nitrogens with one attached hydrogen (secondary N) is 1. The zero-order chi connectivity index (χ0) is 20.8. The first-order chi connectivity index (χ1) is 14.1. The van der Waals surface area contributed by atoms with Gasteiger partial charge in [0.25, 0.3) is 0 Å². The second kappa shape index (κ2) is 9.73. The van der Waals surface area contributed by atoms with Gasteiger partial charge in [-0.3, -0.25) is 20.1 Å². The van der Waals surface area contributed by atoms with E-state index in [1.807, 2.05) is 0 Å². The molecule has 1 aliphatic rings. The van der Waals surface area contributed by atoms with Crippen molar-refractivity contribution in [3.05, 3.63) is 33.5 Å². The summed E-state index contributed by atoms with van der Waals surface area (Å²) in [6.45, 7) is 7.42. The first-order valence-corrected chi connectivity index (χ1v) is 10.4.